The van der Waals surface area contributed by atoms with Crippen LogP contribution in [0.15, 0.2) is 35.7 Å². The van der Waals surface area contributed by atoms with Crippen molar-refractivity contribution in [3.05, 3.63) is 52.7 Å². The van der Waals surface area contributed by atoms with Crippen molar-refractivity contribution >= 4 is 62.8 Å². The van der Waals surface area contributed by atoms with Crippen molar-refractivity contribution < 1.29 is 14.0 Å². The lowest BCUT2D eigenvalue weighted by Crippen LogP contribution is -2.27. The molecule has 1 aromatic heterocycles. The number of rotatable bonds is 3. The Labute approximate surface area is 138 Å². The van der Waals surface area contributed by atoms with Gasteiger partial charge >= 0.3 is 0 Å². The summed E-state index contributed by atoms with van der Waals surface area (Å²) in [6.07, 6.45) is 0. The molecule has 1 amide bonds. The Morgan fingerprint density at radius 2 is 1.76 bits per heavy atom. The fraction of sp³-hybridized carbons (Fsp3) is 0.0769. The molecule has 0 atom stereocenters. The summed E-state index contributed by atoms with van der Waals surface area (Å²) in [5, 5.41) is 4.11. The van der Waals surface area contributed by atoms with E-state index in [1.165, 1.54) is 24.3 Å². The van der Waals surface area contributed by atoms with E-state index in [-0.39, 0.29) is 16.1 Å². The molecule has 0 fully saturated rings. The molecule has 0 aliphatic rings. The van der Waals surface area contributed by atoms with Crippen molar-refractivity contribution in [3.8, 4) is 0 Å². The first-order valence-electron chi connectivity index (χ1n) is 5.55. The molecule has 1 heterocycles. The normalized spacial score (nSPS) is 11.2. The van der Waals surface area contributed by atoms with E-state index in [1.54, 1.807) is 11.4 Å². The number of thiophene rings is 1. The van der Waals surface area contributed by atoms with Crippen molar-refractivity contribution in [2.45, 2.75) is 3.79 Å². The number of nitrogens with one attached hydrogen (secondary N) is 1. The maximum atomic E-state index is 13.6. The molecule has 2 rings (SSSR count). The first-order valence-corrected chi connectivity index (χ1v) is 7.57. The minimum absolute atomic E-state index is 0.0970. The molecule has 2 aromatic rings. The minimum Gasteiger partial charge on any atom is -0.313 e. The molecule has 21 heavy (non-hydrogen) atoms. The topological polar surface area (TPSA) is 46.2 Å². The quantitative estimate of drug-likeness (QED) is 0.645. The molecule has 0 radical (unpaired) electrons. The first-order chi connectivity index (χ1) is 9.80. The molecule has 1 aromatic carbocycles. The predicted molar refractivity (Wildman–Crippen MR) is 83.1 cm³/mol. The van der Waals surface area contributed by atoms with E-state index in [0.717, 1.165) is 11.3 Å². The maximum Gasteiger partial charge on any atom is 0.277 e. The van der Waals surface area contributed by atoms with Gasteiger partial charge in [0.1, 0.15) is 10.8 Å². The minimum atomic E-state index is -2.15. The molecule has 0 aliphatic carbocycles. The van der Waals surface area contributed by atoms with Crippen LogP contribution in [0.2, 0.25) is 0 Å². The molecular weight excluding hydrogens is 360 g/mol. The molecular formula is C13H7Cl3FNO2S. The van der Waals surface area contributed by atoms with Crippen LogP contribution in [0.4, 0.5) is 9.39 Å². The van der Waals surface area contributed by atoms with Gasteiger partial charge in [-0.2, -0.15) is 0 Å². The van der Waals surface area contributed by atoms with E-state index in [4.69, 9.17) is 34.8 Å². The molecule has 0 bridgehead atoms. The Morgan fingerprint density at radius 3 is 2.38 bits per heavy atom. The Morgan fingerprint density at radius 1 is 1.10 bits per heavy atom. The third-order valence-electron chi connectivity index (χ3n) is 2.51. The summed E-state index contributed by atoms with van der Waals surface area (Å²) < 4.78 is 11.5. The summed E-state index contributed by atoms with van der Waals surface area (Å²) in [4.78, 5) is 23.9. The van der Waals surface area contributed by atoms with Crippen LogP contribution in [0.1, 0.15) is 15.9 Å². The summed E-state index contributed by atoms with van der Waals surface area (Å²) in [7, 11) is 0. The second-order valence-electron chi connectivity index (χ2n) is 3.92. The van der Waals surface area contributed by atoms with E-state index in [0.29, 0.717) is 0 Å². The Bertz CT molecular complexity index is 697. The SMILES string of the molecule is O=C(c1ccccc1F)c1ccsc1NC(=O)C(Cl)(Cl)Cl. The monoisotopic (exact) mass is 365 g/mol. The zero-order chi connectivity index (χ0) is 15.6. The van der Waals surface area contributed by atoms with Gasteiger partial charge < -0.3 is 5.32 Å². The predicted octanol–water partition coefficient (Wildman–Crippen LogP) is 4.43. The number of carbonyl (C=O) groups is 2. The maximum absolute atomic E-state index is 13.6. The summed E-state index contributed by atoms with van der Waals surface area (Å²) in [6, 6.07) is 7.02. The lowest BCUT2D eigenvalue weighted by molar-refractivity contribution is -0.115. The average Bonchev–Trinajstić information content (AvgIpc) is 2.85. The number of ketones is 1. The van der Waals surface area contributed by atoms with Crippen LogP contribution in [0.3, 0.4) is 0 Å². The third-order valence-corrected chi connectivity index (χ3v) is 3.86. The molecule has 0 saturated heterocycles. The highest BCUT2D eigenvalue weighted by molar-refractivity contribution is 7.14. The Hall–Kier alpha value is -1.14. The van der Waals surface area contributed by atoms with E-state index in [2.05, 4.69) is 5.32 Å². The molecule has 0 spiro atoms. The van der Waals surface area contributed by atoms with Gasteiger partial charge in [0.25, 0.3) is 9.70 Å². The van der Waals surface area contributed by atoms with Gasteiger partial charge in [0.05, 0.1) is 11.1 Å². The number of carbonyl (C=O) groups excluding carboxylic acids is 2. The first kappa shape index (κ1) is 16.2. The highest BCUT2D eigenvalue weighted by atomic mass is 35.6. The van der Waals surface area contributed by atoms with Crippen molar-refractivity contribution in [1.29, 1.82) is 0 Å². The zero-order valence-corrected chi connectivity index (χ0v) is 13.3. The number of anilines is 1. The van der Waals surface area contributed by atoms with Gasteiger partial charge in [-0.15, -0.1) is 11.3 Å². The summed E-state index contributed by atoms with van der Waals surface area (Å²) >= 11 is 17.4. The van der Waals surface area contributed by atoms with Crippen LogP contribution in [-0.2, 0) is 4.79 Å². The number of hydrogen-bond acceptors (Lipinski definition) is 3. The zero-order valence-electron chi connectivity index (χ0n) is 10.2. The highest BCUT2D eigenvalue weighted by Gasteiger charge is 2.32. The van der Waals surface area contributed by atoms with Gasteiger partial charge in [0.15, 0.2) is 5.78 Å². The second kappa shape index (κ2) is 6.32. The van der Waals surface area contributed by atoms with Crippen LogP contribution in [0, 0.1) is 5.82 Å². The van der Waals surface area contributed by atoms with Crippen molar-refractivity contribution in [2.24, 2.45) is 0 Å². The van der Waals surface area contributed by atoms with Gasteiger partial charge in [-0.05, 0) is 23.6 Å². The van der Waals surface area contributed by atoms with E-state index in [1.807, 2.05) is 0 Å². The molecule has 1 N–H and O–H groups in total. The van der Waals surface area contributed by atoms with Gasteiger partial charge in [0.2, 0.25) is 0 Å². The number of benzene rings is 1. The second-order valence-corrected chi connectivity index (χ2v) is 7.12. The van der Waals surface area contributed by atoms with Crippen LogP contribution < -0.4 is 5.32 Å². The van der Waals surface area contributed by atoms with Crippen LogP contribution in [-0.4, -0.2) is 15.5 Å². The largest absolute Gasteiger partial charge is 0.313 e. The van der Waals surface area contributed by atoms with Gasteiger partial charge in [-0.1, -0.05) is 46.9 Å². The lowest BCUT2D eigenvalue weighted by Gasteiger charge is -2.11. The fourth-order valence-corrected chi connectivity index (χ4v) is 2.47. The van der Waals surface area contributed by atoms with Crippen molar-refractivity contribution in [1.82, 2.24) is 0 Å². The molecule has 0 aliphatic heterocycles. The summed E-state index contributed by atoms with van der Waals surface area (Å²) in [5.41, 5.74) is 0.0352. The number of hydrogen-bond donors (Lipinski definition) is 1. The van der Waals surface area contributed by atoms with E-state index >= 15 is 0 Å². The van der Waals surface area contributed by atoms with Crippen molar-refractivity contribution in [3.63, 3.8) is 0 Å². The molecule has 0 saturated carbocycles. The molecule has 3 nitrogen and oxygen atoms in total. The van der Waals surface area contributed by atoms with E-state index in [9.17, 15) is 14.0 Å². The van der Waals surface area contributed by atoms with Crippen LogP contribution in [0.5, 0.6) is 0 Å². The lowest BCUT2D eigenvalue weighted by atomic mass is 10.1. The Balaban J connectivity index is 2.31. The average molecular weight is 367 g/mol. The van der Waals surface area contributed by atoms with Crippen LogP contribution in [0.25, 0.3) is 0 Å². The number of halogens is 4. The number of alkyl halides is 3. The third kappa shape index (κ3) is 3.74. The van der Waals surface area contributed by atoms with Gasteiger partial charge in [-0.3, -0.25) is 9.59 Å². The highest BCUT2D eigenvalue weighted by Crippen LogP contribution is 2.31. The Kier molecular flexibility index (Phi) is 4.88. The van der Waals surface area contributed by atoms with E-state index < -0.39 is 21.3 Å². The number of amides is 1. The molecule has 0 unspecified atom stereocenters. The standard InChI is InChI=1S/C13H7Cl3FNO2S/c14-13(15,16)12(20)18-11-8(5-6-21-11)10(19)7-3-1-2-4-9(7)17/h1-6H,(H,18,20). The smallest absolute Gasteiger partial charge is 0.277 e. The van der Waals surface area contributed by atoms with Gasteiger partial charge in [0, 0.05) is 0 Å². The fourth-order valence-electron chi connectivity index (χ4n) is 1.55. The van der Waals surface area contributed by atoms with Crippen LogP contribution >= 0.6 is 46.1 Å². The van der Waals surface area contributed by atoms with Gasteiger partial charge in [-0.25, -0.2) is 4.39 Å². The molecule has 8 heteroatoms. The summed E-state index contributed by atoms with van der Waals surface area (Å²) in [5.74, 6) is -2.10. The molecule has 110 valence electrons. The summed E-state index contributed by atoms with van der Waals surface area (Å²) in [6.45, 7) is 0. The van der Waals surface area contributed by atoms with Crippen molar-refractivity contribution in [2.75, 3.05) is 5.32 Å².